The van der Waals surface area contributed by atoms with Gasteiger partial charge in [-0.05, 0) is 48.2 Å². The summed E-state index contributed by atoms with van der Waals surface area (Å²) in [5.74, 6) is -3.70. The third-order valence-electron chi connectivity index (χ3n) is 4.14. The fourth-order valence-electron chi connectivity index (χ4n) is 2.94. The quantitative estimate of drug-likeness (QED) is 0.721. The third-order valence-corrected chi connectivity index (χ3v) is 4.64. The molecule has 0 spiro atoms. The van der Waals surface area contributed by atoms with Crippen molar-refractivity contribution in [3.05, 3.63) is 68.9 Å². The van der Waals surface area contributed by atoms with E-state index in [1.165, 1.54) is 0 Å². The summed E-state index contributed by atoms with van der Waals surface area (Å²) >= 11 is 3.35. The largest absolute Gasteiger partial charge is 0.272 e. The number of benzene rings is 2. The first-order valence-electron chi connectivity index (χ1n) is 6.95. The van der Waals surface area contributed by atoms with E-state index in [4.69, 9.17) is 0 Å². The van der Waals surface area contributed by atoms with Crippen LogP contribution in [0.25, 0.3) is 0 Å². The van der Waals surface area contributed by atoms with Gasteiger partial charge in [-0.2, -0.15) is 0 Å². The zero-order valence-electron chi connectivity index (χ0n) is 12.2. The summed E-state index contributed by atoms with van der Waals surface area (Å²) < 4.78 is 41.6. The van der Waals surface area contributed by atoms with E-state index < -0.39 is 28.8 Å². The van der Waals surface area contributed by atoms with Gasteiger partial charge >= 0.3 is 0 Å². The minimum atomic E-state index is -1.27. The Hall–Kier alpha value is -1.82. The first kappa shape index (κ1) is 16.1. The maximum Gasteiger partial charge on any atom is 0.252 e. The third kappa shape index (κ3) is 2.76. The second kappa shape index (κ2) is 5.67. The Bertz CT molecular complexity index is 809. The highest BCUT2D eigenvalue weighted by atomic mass is 79.9. The lowest BCUT2D eigenvalue weighted by atomic mass is 9.72. The fourth-order valence-corrected chi connectivity index (χ4v) is 3.30. The van der Waals surface area contributed by atoms with Gasteiger partial charge in [-0.1, -0.05) is 22.0 Å². The van der Waals surface area contributed by atoms with Crippen LogP contribution in [0.3, 0.4) is 0 Å². The standard InChI is InChI=1S/C17H12BrF3NO/c1-17(7-10-4-12(19)6-14(20)15(10)21)13-5-11(18)3-2-9(13)8-22-16(17)23/h2-6H,7-8H2,1H3. The molecule has 2 aromatic rings. The maximum absolute atomic E-state index is 14.0. The van der Waals surface area contributed by atoms with Crippen LogP contribution in [0.15, 0.2) is 34.8 Å². The van der Waals surface area contributed by atoms with Gasteiger partial charge in [0.2, 0.25) is 0 Å². The molecule has 119 valence electrons. The van der Waals surface area contributed by atoms with E-state index >= 15 is 0 Å². The van der Waals surface area contributed by atoms with Crippen molar-refractivity contribution >= 4 is 21.8 Å². The first-order chi connectivity index (χ1) is 10.8. The molecule has 0 fully saturated rings. The van der Waals surface area contributed by atoms with Gasteiger partial charge in [0.05, 0.1) is 12.0 Å². The highest BCUT2D eigenvalue weighted by Crippen LogP contribution is 2.37. The van der Waals surface area contributed by atoms with Crippen molar-refractivity contribution in [1.82, 2.24) is 5.32 Å². The molecule has 0 aromatic heterocycles. The van der Waals surface area contributed by atoms with Gasteiger partial charge in [-0.15, -0.1) is 0 Å². The lowest BCUT2D eigenvalue weighted by Gasteiger charge is -2.34. The molecular formula is C17H12BrF3NO. The molecule has 1 atom stereocenters. The summed E-state index contributed by atoms with van der Waals surface area (Å²) in [7, 11) is 0. The Morgan fingerprint density at radius 2 is 1.96 bits per heavy atom. The average Bonchev–Trinajstić information content (AvgIpc) is 2.49. The van der Waals surface area contributed by atoms with Crippen molar-refractivity contribution in [2.24, 2.45) is 0 Å². The van der Waals surface area contributed by atoms with E-state index in [2.05, 4.69) is 21.2 Å². The van der Waals surface area contributed by atoms with Crippen LogP contribution < -0.4 is 5.32 Å². The van der Waals surface area contributed by atoms with E-state index in [9.17, 15) is 18.0 Å². The molecular weight excluding hydrogens is 371 g/mol. The molecule has 2 aromatic carbocycles. The van der Waals surface area contributed by atoms with Crippen molar-refractivity contribution in [3.8, 4) is 0 Å². The number of rotatable bonds is 2. The van der Waals surface area contributed by atoms with Crippen LogP contribution in [0.5, 0.6) is 0 Å². The summed E-state index contributed by atoms with van der Waals surface area (Å²) in [6, 6.07) is 6.83. The fraction of sp³-hybridized carbons (Fsp3) is 0.235. The SMILES string of the molecule is CC1(Cc2cc(F)cc(F)c2F)C(=O)[N]Cc2ccc(Br)cc21. The van der Waals surface area contributed by atoms with Gasteiger partial charge < -0.3 is 0 Å². The minimum Gasteiger partial charge on any atom is -0.272 e. The predicted molar refractivity (Wildman–Crippen MR) is 82.4 cm³/mol. The number of nitrogens with zero attached hydrogens (tertiary/aromatic N) is 1. The average molecular weight is 383 g/mol. The minimum absolute atomic E-state index is 0.167. The number of carbonyl (C=O) groups excluding carboxylic acids is 1. The Labute approximate surface area is 139 Å². The molecule has 3 rings (SSSR count). The van der Waals surface area contributed by atoms with Gasteiger partial charge in [0.1, 0.15) is 5.82 Å². The number of carbonyl (C=O) groups is 1. The maximum atomic E-state index is 14.0. The zero-order valence-corrected chi connectivity index (χ0v) is 13.8. The van der Waals surface area contributed by atoms with Crippen LogP contribution in [0.2, 0.25) is 0 Å². The molecule has 23 heavy (non-hydrogen) atoms. The normalized spacial score (nSPS) is 20.1. The predicted octanol–water partition coefficient (Wildman–Crippen LogP) is 4.01. The lowest BCUT2D eigenvalue weighted by molar-refractivity contribution is -0.127. The van der Waals surface area contributed by atoms with Gasteiger partial charge in [-0.3, -0.25) is 4.79 Å². The van der Waals surface area contributed by atoms with Crippen molar-refractivity contribution in [1.29, 1.82) is 0 Å². The molecule has 1 amide bonds. The Kier molecular flexibility index (Phi) is 3.96. The highest BCUT2D eigenvalue weighted by Gasteiger charge is 2.41. The molecule has 0 bridgehead atoms. The van der Waals surface area contributed by atoms with Gasteiger partial charge in [0, 0.05) is 10.5 Å². The summed E-state index contributed by atoms with van der Waals surface area (Å²) in [6.07, 6.45) is -0.167. The van der Waals surface area contributed by atoms with Gasteiger partial charge in [-0.25, -0.2) is 18.5 Å². The van der Waals surface area contributed by atoms with Crippen molar-refractivity contribution in [3.63, 3.8) is 0 Å². The monoisotopic (exact) mass is 382 g/mol. The Morgan fingerprint density at radius 1 is 1.22 bits per heavy atom. The Morgan fingerprint density at radius 3 is 2.70 bits per heavy atom. The van der Waals surface area contributed by atoms with E-state index in [0.29, 0.717) is 11.6 Å². The van der Waals surface area contributed by atoms with Gasteiger partial charge in [0.15, 0.2) is 11.6 Å². The van der Waals surface area contributed by atoms with E-state index in [0.717, 1.165) is 16.1 Å². The molecule has 0 saturated carbocycles. The summed E-state index contributed by atoms with van der Waals surface area (Å²) in [5, 5.41) is 3.96. The summed E-state index contributed by atoms with van der Waals surface area (Å²) in [5.41, 5.74) is 0.184. The molecule has 1 aliphatic heterocycles. The van der Waals surface area contributed by atoms with Gasteiger partial charge in [0.25, 0.3) is 5.91 Å². The molecule has 2 nitrogen and oxygen atoms in total. The summed E-state index contributed by atoms with van der Waals surface area (Å²) in [4.78, 5) is 12.4. The van der Waals surface area contributed by atoms with Crippen molar-refractivity contribution in [2.45, 2.75) is 25.3 Å². The molecule has 1 heterocycles. The Balaban J connectivity index is 2.12. The van der Waals surface area contributed by atoms with E-state index in [-0.39, 0.29) is 18.5 Å². The second-order valence-electron chi connectivity index (χ2n) is 5.79. The molecule has 1 radical (unpaired) electrons. The van der Waals surface area contributed by atoms with Crippen molar-refractivity contribution < 1.29 is 18.0 Å². The topological polar surface area (TPSA) is 31.2 Å². The van der Waals surface area contributed by atoms with E-state index in [1.807, 2.05) is 12.1 Å². The smallest absolute Gasteiger partial charge is 0.252 e. The molecule has 1 unspecified atom stereocenters. The molecule has 0 N–H and O–H groups in total. The highest BCUT2D eigenvalue weighted by molar-refractivity contribution is 9.10. The molecule has 0 aliphatic carbocycles. The van der Waals surface area contributed by atoms with Crippen LogP contribution in [0, 0.1) is 17.5 Å². The number of hydrogen-bond donors (Lipinski definition) is 0. The second-order valence-corrected chi connectivity index (χ2v) is 6.71. The molecule has 1 aliphatic rings. The van der Waals surface area contributed by atoms with Crippen LogP contribution in [-0.2, 0) is 23.2 Å². The van der Waals surface area contributed by atoms with Crippen LogP contribution in [0.1, 0.15) is 23.6 Å². The van der Waals surface area contributed by atoms with Crippen LogP contribution in [0.4, 0.5) is 13.2 Å². The number of halogens is 4. The molecule has 6 heteroatoms. The zero-order chi connectivity index (χ0) is 16.8. The van der Waals surface area contributed by atoms with Crippen LogP contribution in [-0.4, -0.2) is 5.91 Å². The van der Waals surface area contributed by atoms with Crippen LogP contribution >= 0.6 is 15.9 Å². The number of amides is 1. The number of fused-ring (bicyclic) bond motifs is 1. The first-order valence-corrected chi connectivity index (χ1v) is 7.75. The lowest BCUT2D eigenvalue weighted by Crippen LogP contribution is -2.45. The van der Waals surface area contributed by atoms with Crippen molar-refractivity contribution in [2.75, 3.05) is 0 Å². The molecule has 0 saturated heterocycles. The number of hydrogen-bond acceptors (Lipinski definition) is 1. The summed E-state index contributed by atoms with van der Waals surface area (Å²) in [6.45, 7) is 1.86. The van der Waals surface area contributed by atoms with E-state index in [1.54, 1.807) is 13.0 Å².